The molecule has 7 nitrogen and oxygen atoms in total. The standard InChI is InChI=1S/C29H34FN3O4S/c1-5-17-31-29(35)23(4)32(19-24-11-9-10-14-26(24)30)28(34)20-33(27-18-21(2)15-16-22(27)3)38(36,37)25-12-7-6-8-13-25/h6-16,18,23H,5,17,19-20H2,1-4H3,(H,31,35)/t23-/m1/s1. The van der Waals surface area contributed by atoms with Gasteiger partial charge in [-0.2, -0.15) is 0 Å². The lowest BCUT2D eigenvalue weighted by Gasteiger charge is -2.32. The third-order valence-corrected chi connectivity index (χ3v) is 8.03. The van der Waals surface area contributed by atoms with Gasteiger partial charge in [0.15, 0.2) is 0 Å². The molecule has 9 heteroatoms. The Morgan fingerprint density at radius 1 is 0.974 bits per heavy atom. The molecule has 0 aliphatic carbocycles. The maximum Gasteiger partial charge on any atom is 0.264 e. The van der Waals surface area contributed by atoms with Crippen LogP contribution in [0, 0.1) is 19.7 Å². The normalized spacial score (nSPS) is 12.0. The molecule has 3 rings (SSSR count). The second-order valence-corrected chi connectivity index (χ2v) is 11.1. The molecule has 0 aromatic heterocycles. The van der Waals surface area contributed by atoms with Gasteiger partial charge in [0, 0.05) is 18.7 Å². The largest absolute Gasteiger partial charge is 0.354 e. The van der Waals surface area contributed by atoms with E-state index >= 15 is 0 Å². The topological polar surface area (TPSA) is 86.8 Å². The molecule has 202 valence electrons. The van der Waals surface area contributed by atoms with Gasteiger partial charge in [-0.15, -0.1) is 0 Å². The van der Waals surface area contributed by atoms with Gasteiger partial charge in [0.05, 0.1) is 10.6 Å². The molecular weight excluding hydrogens is 505 g/mol. The Hall–Kier alpha value is -3.72. The second kappa shape index (κ2) is 12.7. The van der Waals surface area contributed by atoms with E-state index in [0.29, 0.717) is 24.2 Å². The smallest absolute Gasteiger partial charge is 0.264 e. The van der Waals surface area contributed by atoms with E-state index < -0.39 is 40.2 Å². The van der Waals surface area contributed by atoms with Crippen LogP contribution < -0.4 is 9.62 Å². The van der Waals surface area contributed by atoms with Gasteiger partial charge in [0.1, 0.15) is 18.4 Å². The minimum atomic E-state index is -4.15. The first-order chi connectivity index (χ1) is 18.1. The van der Waals surface area contributed by atoms with E-state index in [4.69, 9.17) is 0 Å². The van der Waals surface area contributed by atoms with Crippen molar-refractivity contribution in [3.05, 3.63) is 95.3 Å². The van der Waals surface area contributed by atoms with E-state index in [9.17, 15) is 22.4 Å². The Labute approximate surface area is 224 Å². The summed E-state index contributed by atoms with van der Waals surface area (Å²) >= 11 is 0. The number of amides is 2. The minimum absolute atomic E-state index is 0.0306. The first kappa shape index (κ1) is 28.8. The van der Waals surface area contributed by atoms with Crippen LogP contribution in [0.3, 0.4) is 0 Å². The van der Waals surface area contributed by atoms with Crippen LogP contribution in [0.25, 0.3) is 0 Å². The number of hydrogen-bond donors (Lipinski definition) is 1. The van der Waals surface area contributed by atoms with E-state index in [1.165, 1.54) is 35.2 Å². The lowest BCUT2D eigenvalue weighted by molar-refractivity contribution is -0.139. The van der Waals surface area contributed by atoms with Crippen LogP contribution in [-0.4, -0.2) is 44.3 Å². The molecule has 0 radical (unpaired) electrons. The number of rotatable bonds is 11. The van der Waals surface area contributed by atoms with E-state index in [-0.39, 0.29) is 17.0 Å². The van der Waals surface area contributed by atoms with Crippen molar-refractivity contribution in [3.63, 3.8) is 0 Å². The Morgan fingerprint density at radius 3 is 2.29 bits per heavy atom. The van der Waals surface area contributed by atoms with Gasteiger partial charge in [-0.3, -0.25) is 13.9 Å². The van der Waals surface area contributed by atoms with Gasteiger partial charge >= 0.3 is 0 Å². The van der Waals surface area contributed by atoms with Crippen molar-refractivity contribution in [2.24, 2.45) is 0 Å². The summed E-state index contributed by atoms with van der Waals surface area (Å²) < 4.78 is 43.3. The van der Waals surface area contributed by atoms with Gasteiger partial charge in [0.2, 0.25) is 11.8 Å². The fourth-order valence-electron chi connectivity index (χ4n) is 4.01. The van der Waals surface area contributed by atoms with Gasteiger partial charge < -0.3 is 10.2 Å². The van der Waals surface area contributed by atoms with E-state index in [1.807, 2.05) is 19.9 Å². The Morgan fingerprint density at radius 2 is 1.63 bits per heavy atom. The zero-order chi connectivity index (χ0) is 27.9. The van der Waals surface area contributed by atoms with Crippen molar-refractivity contribution in [2.45, 2.75) is 51.6 Å². The number of nitrogens with one attached hydrogen (secondary N) is 1. The molecule has 0 spiro atoms. The highest BCUT2D eigenvalue weighted by molar-refractivity contribution is 7.92. The zero-order valence-electron chi connectivity index (χ0n) is 22.1. The average Bonchev–Trinajstić information content (AvgIpc) is 2.91. The summed E-state index contributed by atoms with van der Waals surface area (Å²) in [5, 5.41) is 2.77. The molecule has 1 N–H and O–H groups in total. The molecule has 0 saturated heterocycles. The quantitative estimate of drug-likeness (QED) is 0.387. The SMILES string of the molecule is CCCNC(=O)[C@@H](C)N(Cc1ccccc1F)C(=O)CN(c1cc(C)ccc1C)S(=O)(=O)c1ccccc1. The summed E-state index contributed by atoms with van der Waals surface area (Å²) in [6, 6.07) is 18.3. The highest BCUT2D eigenvalue weighted by atomic mass is 32.2. The number of anilines is 1. The van der Waals surface area contributed by atoms with E-state index in [1.54, 1.807) is 50.2 Å². The van der Waals surface area contributed by atoms with Gasteiger partial charge in [-0.25, -0.2) is 12.8 Å². The molecule has 0 heterocycles. The molecule has 0 saturated carbocycles. The van der Waals surface area contributed by atoms with Gasteiger partial charge in [-0.05, 0) is 62.6 Å². The number of hydrogen-bond acceptors (Lipinski definition) is 4. The highest BCUT2D eigenvalue weighted by Crippen LogP contribution is 2.28. The number of halogens is 1. The van der Waals surface area contributed by atoms with Gasteiger partial charge in [0.25, 0.3) is 10.0 Å². The monoisotopic (exact) mass is 539 g/mol. The van der Waals surface area contributed by atoms with Crippen molar-refractivity contribution in [1.29, 1.82) is 0 Å². The van der Waals surface area contributed by atoms with Crippen LogP contribution in [0.2, 0.25) is 0 Å². The van der Waals surface area contributed by atoms with Crippen molar-refractivity contribution in [1.82, 2.24) is 10.2 Å². The number of aryl methyl sites for hydroxylation is 2. The Balaban J connectivity index is 2.06. The number of carbonyl (C=O) groups excluding carboxylic acids is 2. The molecule has 3 aromatic rings. The van der Waals surface area contributed by atoms with Crippen LogP contribution in [0.1, 0.15) is 37.0 Å². The maximum absolute atomic E-state index is 14.6. The summed E-state index contributed by atoms with van der Waals surface area (Å²) in [4.78, 5) is 28.0. The van der Waals surface area contributed by atoms with Crippen LogP contribution in [0.15, 0.2) is 77.7 Å². The summed E-state index contributed by atoms with van der Waals surface area (Å²) in [6.45, 7) is 6.72. The molecule has 0 aliphatic rings. The molecule has 2 amide bonds. The first-order valence-electron chi connectivity index (χ1n) is 12.5. The third kappa shape index (κ3) is 6.77. The van der Waals surface area contributed by atoms with Crippen molar-refractivity contribution in [2.75, 3.05) is 17.4 Å². The number of carbonyl (C=O) groups is 2. The summed E-state index contributed by atoms with van der Waals surface area (Å²) in [7, 11) is -4.15. The predicted octanol–water partition coefficient (Wildman–Crippen LogP) is 4.58. The molecule has 38 heavy (non-hydrogen) atoms. The molecule has 0 unspecified atom stereocenters. The van der Waals surface area contributed by atoms with Crippen LogP contribution in [0.5, 0.6) is 0 Å². The highest BCUT2D eigenvalue weighted by Gasteiger charge is 2.33. The van der Waals surface area contributed by atoms with E-state index in [2.05, 4.69) is 5.32 Å². The second-order valence-electron chi connectivity index (χ2n) is 9.19. The summed E-state index contributed by atoms with van der Waals surface area (Å²) in [5.41, 5.74) is 2.07. The molecule has 0 bridgehead atoms. The third-order valence-electron chi connectivity index (χ3n) is 6.26. The first-order valence-corrected chi connectivity index (χ1v) is 14.0. The molecule has 3 aromatic carbocycles. The minimum Gasteiger partial charge on any atom is -0.354 e. The van der Waals surface area contributed by atoms with Crippen LogP contribution in [0.4, 0.5) is 10.1 Å². The fourth-order valence-corrected chi connectivity index (χ4v) is 5.50. The Bertz CT molecular complexity index is 1380. The molecule has 0 fully saturated rings. The molecular formula is C29H34FN3O4S. The van der Waals surface area contributed by atoms with Crippen LogP contribution in [-0.2, 0) is 26.2 Å². The summed E-state index contributed by atoms with van der Waals surface area (Å²) in [5.74, 6) is -1.55. The number of sulfonamides is 1. The Kier molecular flexibility index (Phi) is 9.63. The molecule has 1 atom stereocenters. The van der Waals surface area contributed by atoms with Crippen molar-refractivity contribution >= 4 is 27.5 Å². The average molecular weight is 540 g/mol. The summed E-state index contributed by atoms with van der Waals surface area (Å²) in [6.07, 6.45) is 0.704. The predicted molar refractivity (Wildman–Crippen MR) is 147 cm³/mol. The zero-order valence-corrected chi connectivity index (χ0v) is 23.0. The molecule has 0 aliphatic heterocycles. The van der Waals surface area contributed by atoms with Crippen molar-refractivity contribution < 1.29 is 22.4 Å². The lowest BCUT2D eigenvalue weighted by atomic mass is 10.1. The van der Waals surface area contributed by atoms with Crippen LogP contribution >= 0.6 is 0 Å². The lowest BCUT2D eigenvalue weighted by Crippen LogP contribution is -2.51. The van der Waals surface area contributed by atoms with Gasteiger partial charge in [-0.1, -0.05) is 55.5 Å². The fraction of sp³-hybridized carbons (Fsp3) is 0.310. The maximum atomic E-state index is 14.6. The number of nitrogens with zero attached hydrogens (tertiary/aromatic N) is 2. The van der Waals surface area contributed by atoms with Crippen molar-refractivity contribution in [3.8, 4) is 0 Å². The van der Waals surface area contributed by atoms with E-state index in [0.717, 1.165) is 9.87 Å². The number of benzene rings is 3.